The molecule has 1 N–H and O–H groups in total. The summed E-state index contributed by atoms with van der Waals surface area (Å²) in [6.45, 7) is 2.16. The Kier molecular flexibility index (Phi) is 6.18. The van der Waals surface area contributed by atoms with Gasteiger partial charge in [0.2, 0.25) is 0 Å². The fraction of sp³-hybridized carbons (Fsp3) is 0.500. The van der Waals surface area contributed by atoms with E-state index in [9.17, 15) is 18.0 Å². The first-order chi connectivity index (χ1) is 13.4. The molecular weight excluding hydrogens is 375 g/mol. The molecule has 7 nitrogen and oxygen atoms in total. The van der Waals surface area contributed by atoms with Crippen molar-refractivity contribution in [3.05, 3.63) is 30.0 Å². The number of ether oxygens (including phenoxy) is 1. The van der Waals surface area contributed by atoms with Crippen LogP contribution in [0.2, 0.25) is 0 Å². The molecule has 2 aromatic rings. The molecule has 10 heteroatoms. The zero-order chi connectivity index (χ0) is 20.1. The van der Waals surface area contributed by atoms with Crippen molar-refractivity contribution in [1.82, 2.24) is 20.2 Å². The van der Waals surface area contributed by atoms with Gasteiger partial charge in [-0.05, 0) is 18.6 Å². The van der Waals surface area contributed by atoms with Gasteiger partial charge in [-0.2, -0.15) is 13.2 Å². The Hall–Kier alpha value is -2.62. The van der Waals surface area contributed by atoms with Crippen LogP contribution in [0.3, 0.4) is 0 Å². The van der Waals surface area contributed by atoms with Crippen molar-refractivity contribution >= 4 is 22.9 Å². The van der Waals surface area contributed by atoms with Crippen molar-refractivity contribution in [2.24, 2.45) is 0 Å². The number of hydrogen-bond acceptors (Lipinski definition) is 5. The third-order valence-corrected chi connectivity index (χ3v) is 4.49. The van der Waals surface area contributed by atoms with E-state index in [1.54, 1.807) is 30.2 Å². The first kappa shape index (κ1) is 20.1. The molecule has 0 aliphatic carbocycles. The van der Waals surface area contributed by atoms with Crippen LogP contribution in [0.4, 0.5) is 23.8 Å². The number of alkyl halides is 3. The lowest BCUT2D eigenvalue weighted by Gasteiger charge is -2.36. The van der Waals surface area contributed by atoms with Crippen LogP contribution >= 0.6 is 0 Å². The van der Waals surface area contributed by atoms with Crippen molar-refractivity contribution in [2.75, 3.05) is 51.3 Å². The fourth-order valence-electron chi connectivity index (χ4n) is 3.05. The van der Waals surface area contributed by atoms with E-state index in [1.165, 1.54) is 11.0 Å². The molecule has 0 radical (unpaired) electrons. The van der Waals surface area contributed by atoms with Crippen molar-refractivity contribution in [2.45, 2.75) is 12.6 Å². The number of anilines is 1. The first-order valence-corrected chi connectivity index (χ1v) is 9.01. The van der Waals surface area contributed by atoms with E-state index in [4.69, 9.17) is 4.74 Å². The number of urea groups is 1. The molecule has 28 heavy (non-hydrogen) atoms. The summed E-state index contributed by atoms with van der Waals surface area (Å²) in [4.78, 5) is 23.3. The molecule has 1 saturated heterocycles. The molecule has 0 saturated carbocycles. The lowest BCUT2D eigenvalue weighted by atomic mass is 10.2. The summed E-state index contributed by atoms with van der Waals surface area (Å²) in [5.41, 5.74) is -0.389. The first-order valence-electron chi connectivity index (χ1n) is 9.01. The summed E-state index contributed by atoms with van der Waals surface area (Å²) in [5, 5.41) is 2.78. The molecule has 3 rings (SSSR count). The quantitative estimate of drug-likeness (QED) is 0.786. The summed E-state index contributed by atoms with van der Waals surface area (Å²) < 4.78 is 45.5. The van der Waals surface area contributed by atoms with Gasteiger partial charge in [0.15, 0.2) is 11.5 Å². The predicted molar refractivity (Wildman–Crippen MR) is 98.2 cm³/mol. The molecule has 1 fully saturated rings. The van der Waals surface area contributed by atoms with Gasteiger partial charge in [-0.15, -0.1) is 0 Å². The number of aromatic nitrogens is 2. The highest BCUT2D eigenvalue weighted by molar-refractivity contribution is 5.77. The minimum atomic E-state index is -4.61. The minimum Gasteiger partial charge on any atom is -0.385 e. The largest absolute Gasteiger partial charge is 0.437 e. The third kappa shape index (κ3) is 4.61. The van der Waals surface area contributed by atoms with Gasteiger partial charge in [-0.25, -0.2) is 14.8 Å². The van der Waals surface area contributed by atoms with Crippen molar-refractivity contribution in [3.63, 3.8) is 0 Å². The molecule has 0 atom stereocenters. The van der Waals surface area contributed by atoms with Crippen LogP contribution in [0.25, 0.3) is 11.0 Å². The molecule has 1 aliphatic heterocycles. The second kappa shape index (κ2) is 8.59. The molecule has 0 unspecified atom stereocenters. The number of fused-ring (bicyclic) bond motifs is 1. The summed E-state index contributed by atoms with van der Waals surface area (Å²) in [5.74, 6) is -0.189. The summed E-state index contributed by atoms with van der Waals surface area (Å²) in [7, 11) is 1.59. The Balaban J connectivity index is 1.71. The molecule has 1 aromatic carbocycles. The zero-order valence-electron chi connectivity index (χ0n) is 15.5. The van der Waals surface area contributed by atoms with Crippen LogP contribution in [-0.4, -0.2) is 67.3 Å². The number of halogens is 3. The van der Waals surface area contributed by atoms with Crippen LogP contribution in [-0.2, 0) is 10.9 Å². The lowest BCUT2D eigenvalue weighted by Crippen LogP contribution is -2.52. The van der Waals surface area contributed by atoms with E-state index in [1.807, 2.05) is 0 Å². The Morgan fingerprint density at radius 1 is 1.14 bits per heavy atom. The topological polar surface area (TPSA) is 70.6 Å². The number of methoxy groups -OCH3 is 1. The highest BCUT2D eigenvalue weighted by Crippen LogP contribution is 2.35. The molecule has 2 heterocycles. The van der Waals surface area contributed by atoms with E-state index >= 15 is 0 Å². The van der Waals surface area contributed by atoms with Crippen LogP contribution in [0.15, 0.2) is 24.3 Å². The van der Waals surface area contributed by atoms with E-state index in [-0.39, 0.29) is 30.5 Å². The van der Waals surface area contributed by atoms with Gasteiger partial charge in [0, 0.05) is 46.4 Å². The SMILES string of the molecule is COCCCNC(=O)N1CCN(c2nc3ccccc3nc2C(F)(F)F)CC1. The number of amides is 2. The Labute approximate surface area is 160 Å². The summed E-state index contributed by atoms with van der Waals surface area (Å²) >= 11 is 0. The smallest absolute Gasteiger partial charge is 0.385 e. The monoisotopic (exact) mass is 397 g/mol. The normalized spacial score (nSPS) is 15.1. The van der Waals surface area contributed by atoms with Crippen LogP contribution in [0.5, 0.6) is 0 Å². The average Bonchev–Trinajstić information content (AvgIpc) is 2.69. The number of nitrogens with zero attached hydrogens (tertiary/aromatic N) is 4. The van der Waals surface area contributed by atoms with Gasteiger partial charge in [-0.3, -0.25) is 0 Å². The number of carbonyl (C=O) groups is 1. The number of nitrogens with one attached hydrogen (secondary N) is 1. The van der Waals surface area contributed by atoms with Crippen molar-refractivity contribution in [1.29, 1.82) is 0 Å². The number of piperazine rings is 1. The van der Waals surface area contributed by atoms with Crippen molar-refractivity contribution < 1.29 is 22.7 Å². The number of hydrogen-bond donors (Lipinski definition) is 1. The zero-order valence-corrected chi connectivity index (χ0v) is 15.5. The molecule has 152 valence electrons. The standard InChI is InChI=1S/C18H22F3N5O2/c1-28-12-4-7-22-17(27)26-10-8-25(9-11-26)16-15(18(19,20)21)23-13-5-2-3-6-14(13)24-16/h2-3,5-6H,4,7-12H2,1H3,(H,22,27). The molecule has 2 amide bonds. The summed E-state index contributed by atoms with van der Waals surface area (Å²) in [6.07, 6.45) is -3.91. The number of para-hydroxylation sites is 2. The van der Waals surface area contributed by atoms with Gasteiger partial charge in [0.05, 0.1) is 11.0 Å². The molecule has 1 aromatic heterocycles. The predicted octanol–water partition coefficient (Wildman–Crippen LogP) is 2.52. The minimum absolute atomic E-state index is 0.189. The number of benzene rings is 1. The van der Waals surface area contributed by atoms with Crippen LogP contribution < -0.4 is 10.2 Å². The Morgan fingerprint density at radius 3 is 2.39 bits per heavy atom. The van der Waals surface area contributed by atoms with Crippen LogP contribution in [0, 0.1) is 0 Å². The van der Waals surface area contributed by atoms with Crippen molar-refractivity contribution in [3.8, 4) is 0 Å². The number of carbonyl (C=O) groups excluding carboxylic acids is 1. The highest BCUT2D eigenvalue weighted by Gasteiger charge is 2.39. The molecule has 0 spiro atoms. The maximum atomic E-state index is 13.5. The molecule has 1 aliphatic rings. The molecular formula is C18H22F3N5O2. The van der Waals surface area contributed by atoms with Crippen LogP contribution in [0.1, 0.15) is 12.1 Å². The van der Waals surface area contributed by atoms with E-state index < -0.39 is 11.9 Å². The van der Waals surface area contributed by atoms with Gasteiger partial charge >= 0.3 is 12.2 Å². The van der Waals surface area contributed by atoms with E-state index in [0.717, 1.165) is 0 Å². The lowest BCUT2D eigenvalue weighted by molar-refractivity contribution is -0.140. The average molecular weight is 397 g/mol. The second-order valence-electron chi connectivity index (χ2n) is 6.43. The highest BCUT2D eigenvalue weighted by atomic mass is 19.4. The second-order valence-corrected chi connectivity index (χ2v) is 6.43. The van der Waals surface area contributed by atoms with E-state index in [0.29, 0.717) is 38.2 Å². The Bertz CT molecular complexity index is 822. The fourth-order valence-corrected chi connectivity index (χ4v) is 3.05. The van der Waals surface area contributed by atoms with Gasteiger partial charge in [-0.1, -0.05) is 12.1 Å². The van der Waals surface area contributed by atoms with Gasteiger partial charge in [0.25, 0.3) is 0 Å². The van der Waals surface area contributed by atoms with E-state index in [2.05, 4.69) is 15.3 Å². The molecule has 0 bridgehead atoms. The maximum Gasteiger partial charge on any atom is 0.437 e. The van der Waals surface area contributed by atoms with Gasteiger partial charge < -0.3 is 19.9 Å². The maximum absolute atomic E-state index is 13.5. The number of rotatable bonds is 5. The summed E-state index contributed by atoms with van der Waals surface area (Å²) in [6, 6.07) is 6.25. The van der Waals surface area contributed by atoms with Gasteiger partial charge in [0.1, 0.15) is 0 Å². The Morgan fingerprint density at radius 2 is 1.79 bits per heavy atom. The third-order valence-electron chi connectivity index (χ3n) is 4.49.